The van der Waals surface area contributed by atoms with E-state index in [0.29, 0.717) is 34.6 Å². The van der Waals surface area contributed by atoms with Gasteiger partial charge in [0.1, 0.15) is 6.54 Å². The first-order valence-electron chi connectivity index (χ1n) is 11.4. The number of Topliss-reactive ketones (excluding diaryl/α,β-unsaturated/α-hetero) is 1. The minimum absolute atomic E-state index is 0.0854. The predicted octanol–water partition coefficient (Wildman–Crippen LogP) is 2.73. The SMILES string of the molecule is CCC(NS(=O)(=O)c1ccc(N2CCOCC2)cc1)C(=O)Cn1nnnc1Cc1c(Cl)cccc1Cl. The lowest BCUT2D eigenvalue weighted by Gasteiger charge is -2.28. The molecule has 1 fully saturated rings. The fourth-order valence-corrected chi connectivity index (χ4v) is 5.71. The summed E-state index contributed by atoms with van der Waals surface area (Å²) < 4.78 is 35.2. The van der Waals surface area contributed by atoms with Crippen LogP contribution in [0.4, 0.5) is 5.69 Å². The molecule has 36 heavy (non-hydrogen) atoms. The van der Waals surface area contributed by atoms with E-state index >= 15 is 0 Å². The Balaban J connectivity index is 1.43. The van der Waals surface area contributed by atoms with Gasteiger partial charge in [0.2, 0.25) is 10.0 Å². The molecule has 0 aliphatic carbocycles. The van der Waals surface area contributed by atoms with Crippen molar-refractivity contribution in [1.82, 2.24) is 24.9 Å². The number of morpholine rings is 1. The van der Waals surface area contributed by atoms with Crippen molar-refractivity contribution in [3.8, 4) is 0 Å². The molecule has 1 aliphatic heterocycles. The van der Waals surface area contributed by atoms with Crippen LogP contribution in [0, 0.1) is 0 Å². The van der Waals surface area contributed by atoms with Crippen molar-refractivity contribution in [3.63, 3.8) is 0 Å². The molecule has 1 saturated heterocycles. The van der Waals surface area contributed by atoms with Crippen LogP contribution < -0.4 is 9.62 Å². The van der Waals surface area contributed by atoms with Gasteiger partial charge in [0, 0.05) is 35.2 Å². The highest BCUT2D eigenvalue weighted by molar-refractivity contribution is 7.89. The monoisotopic (exact) mass is 552 g/mol. The molecule has 0 saturated carbocycles. The van der Waals surface area contributed by atoms with E-state index in [0.717, 1.165) is 18.8 Å². The molecule has 0 bridgehead atoms. The van der Waals surface area contributed by atoms with E-state index in [-0.39, 0.29) is 30.1 Å². The van der Waals surface area contributed by atoms with Crippen LogP contribution in [0.5, 0.6) is 0 Å². The van der Waals surface area contributed by atoms with Gasteiger partial charge >= 0.3 is 0 Å². The summed E-state index contributed by atoms with van der Waals surface area (Å²) in [6.07, 6.45) is 0.481. The summed E-state index contributed by atoms with van der Waals surface area (Å²) in [7, 11) is -3.92. The lowest BCUT2D eigenvalue weighted by molar-refractivity contribution is -0.121. The number of carbonyl (C=O) groups excluding carboxylic acids is 1. The molecule has 3 aromatic rings. The maximum atomic E-state index is 13.0. The van der Waals surface area contributed by atoms with E-state index in [4.69, 9.17) is 27.9 Å². The smallest absolute Gasteiger partial charge is 0.241 e. The average Bonchev–Trinajstić information content (AvgIpc) is 3.32. The van der Waals surface area contributed by atoms with E-state index in [9.17, 15) is 13.2 Å². The molecule has 2 heterocycles. The number of aromatic nitrogens is 4. The largest absolute Gasteiger partial charge is 0.378 e. The fourth-order valence-electron chi connectivity index (χ4n) is 3.88. The number of rotatable bonds is 10. The van der Waals surface area contributed by atoms with Gasteiger partial charge in [0.05, 0.1) is 24.2 Å². The number of halogens is 2. The van der Waals surface area contributed by atoms with Crippen LogP contribution in [-0.2, 0) is 32.5 Å². The van der Waals surface area contributed by atoms with Gasteiger partial charge in [0.15, 0.2) is 11.6 Å². The molecule has 10 nitrogen and oxygen atoms in total. The van der Waals surface area contributed by atoms with Crippen LogP contribution in [0.25, 0.3) is 0 Å². The molecular weight excluding hydrogens is 527 g/mol. The van der Waals surface area contributed by atoms with E-state index in [1.807, 2.05) is 0 Å². The normalized spacial score (nSPS) is 15.1. The van der Waals surface area contributed by atoms with Crippen LogP contribution in [0.15, 0.2) is 47.4 Å². The Bertz CT molecular complexity index is 1290. The first-order valence-corrected chi connectivity index (χ1v) is 13.7. The maximum absolute atomic E-state index is 13.0. The first kappa shape index (κ1) is 26.5. The van der Waals surface area contributed by atoms with Gasteiger partial charge in [0.25, 0.3) is 0 Å². The van der Waals surface area contributed by atoms with Crippen LogP contribution in [0.2, 0.25) is 10.0 Å². The molecule has 13 heteroatoms. The number of sulfonamides is 1. The van der Waals surface area contributed by atoms with Crippen molar-refractivity contribution < 1.29 is 17.9 Å². The zero-order valence-electron chi connectivity index (χ0n) is 19.6. The number of benzene rings is 2. The number of anilines is 1. The highest BCUT2D eigenvalue weighted by Crippen LogP contribution is 2.26. The third-order valence-electron chi connectivity index (χ3n) is 5.93. The van der Waals surface area contributed by atoms with Gasteiger partial charge in [-0.2, -0.15) is 0 Å². The number of ketones is 1. The Morgan fingerprint density at radius 3 is 2.42 bits per heavy atom. The molecule has 0 radical (unpaired) electrons. The molecule has 1 N–H and O–H groups in total. The van der Waals surface area contributed by atoms with Gasteiger partial charge < -0.3 is 9.64 Å². The molecule has 0 spiro atoms. The van der Waals surface area contributed by atoms with Crippen LogP contribution in [0.1, 0.15) is 24.7 Å². The van der Waals surface area contributed by atoms with Gasteiger partial charge in [-0.3, -0.25) is 4.79 Å². The number of ether oxygens (including phenoxy) is 1. The number of hydrogen-bond donors (Lipinski definition) is 1. The van der Waals surface area contributed by atoms with E-state index in [2.05, 4.69) is 25.1 Å². The summed E-state index contributed by atoms with van der Waals surface area (Å²) in [6, 6.07) is 10.8. The van der Waals surface area contributed by atoms with E-state index in [1.165, 1.54) is 16.8 Å². The Labute approximate surface area is 219 Å². The van der Waals surface area contributed by atoms with Crippen LogP contribution in [-0.4, -0.2) is 66.8 Å². The Hall–Kier alpha value is -2.57. The molecule has 1 unspecified atom stereocenters. The average molecular weight is 553 g/mol. The van der Waals surface area contributed by atoms with Crippen LogP contribution in [0.3, 0.4) is 0 Å². The topological polar surface area (TPSA) is 119 Å². The third kappa shape index (κ3) is 6.22. The maximum Gasteiger partial charge on any atom is 0.241 e. The number of nitrogens with one attached hydrogen (secondary N) is 1. The summed E-state index contributed by atoms with van der Waals surface area (Å²) >= 11 is 12.5. The summed E-state index contributed by atoms with van der Waals surface area (Å²) in [5.41, 5.74) is 1.56. The lowest BCUT2D eigenvalue weighted by atomic mass is 10.1. The Morgan fingerprint density at radius 1 is 1.11 bits per heavy atom. The minimum atomic E-state index is -3.92. The molecule has 0 amide bonds. The minimum Gasteiger partial charge on any atom is -0.378 e. The highest BCUT2D eigenvalue weighted by atomic mass is 35.5. The number of hydrogen-bond acceptors (Lipinski definition) is 8. The second kappa shape index (κ2) is 11.7. The Morgan fingerprint density at radius 2 is 1.78 bits per heavy atom. The summed E-state index contributed by atoms with van der Waals surface area (Å²) in [4.78, 5) is 15.3. The second-order valence-electron chi connectivity index (χ2n) is 8.27. The second-order valence-corrected chi connectivity index (χ2v) is 10.8. The van der Waals surface area contributed by atoms with Crippen molar-refractivity contribution in [3.05, 3.63) is 63.9 Å². The zero-order chi connectivity index (χ0) is 25.7. The Kier molecular flexibility index (Phi) is 8.58. The number of nitrogens with zero attached hydrogens (tertiary/aromatic N) is 5. The summed E-state index contributed by atoms with van der Waals surface area (Å²) in [5.74, 6) is 0.0135. The molecule has 1 aromatic heterocycles. The highest BCUT2D eigenvalue weighted by Gasteiger charge is 2.26. The van der Waals surface area contributed by atoms with Crippen LogP contribution >= 0.6 is 23.2 Å². The van der Waals surface area contributed by atoms with Crippen molar-refractivity contribution in [2.45, 2.75) is 37.2 Å². The zero-order valence-corrected chi connectivity index (χ0v) is 21.9. The predicted molar refractivity (Wildman–Crippen MR) is 136 cm³/mol. The molecule has 192 valence electrons. The summed E-state index contributed by atoms with van der Waals surface area (Å²) in [5, 5.41) is 12.5. The van der Waals surface area contributed by atoms with Gasteiger partial charge in [-0.15, -0.1) is 5.10 Å². The van der Waals surface area contributed by atoms with Crippen molar-refractivity contribution in [2.75, 3.05) is 31.2 Å². The van der Waals surface area contributed by atoms with Gasteiger partial charge in [-0.1, -0.05) is 36.2 Å². The van der Waals surface area contributed by atoms with E-state index in [1.54, 1.807) is 37.3 Å². The summed E-state index contributed by atoms with van der Waals surface area (Å²) in [6.45, 7) is 4.29. The van der Waals surface area contributed by atoms with Crippen molar-refractivity contribution in [2.24, 2.45) is 0 Å². The number of tetrazole rings is 1. The van der Waals surface area contributed by atoms with Gasteiger partial charge in [-0.05, 0) is 58.8 Å². The standard InChI is InChI=1S/C23H26Cl2N6O4S/c1-2-21(27-36(33,34)17-8-6-16(7-9-17)30-10-12-35-13-11-30)22(32)15-31-23(26-28-29-31)14-18-19(24)4-3-5-20(18)25/h3-9,21,27H,2,10-15H2,1H3. The molecule has 4 rings (SSSR count). The first-order chi connectivity index (χ1) is 17.3. The molecule has 1 aliphatic rings. The lowest BCUT2D eigenvalue weighted by Crippen LogP contribution is -2.42. The van der Waals surface area contributed by atoms with Crippen molar-refractivity contribution in [1.29, 1.82) is 0 Å². The number of carbonyl (C=O) groups is 1. The van der Waals surface area contributed by atoms with E-state index < -0.39 is 16.1 Å². The quantitative estimate of drug-likeness (QED) is 0.407. The molecule has 2 aromatic carbocycles. The van der Waals surface area contributed by atoms with Gasteiger partial charge in [-0.25, -0.2) is 17.8 Å². The molecule has 1 atom stereocenters. The van der Waals surface area contributed by atoms with Crippen molar-refractivity contribution >= 4 is 44.7 Å². The fraction of sp³-hybridized carbons (Fsp3) is 0.391. The molecular formula is C23H26Cl2N6O4S. The third-order valence-corrected chi connectivity index (χ3v) is 8.12.